The number of aliphatic hydroxyl groups is 4. The van der Waals surface area contributed by atoms with Gasteiger partial charge in [-0.25, -0.2) is 4.98 Å². The zero-order chi connectivity index (χ0) is 32.1. The topological polar surface area (TPSA) is 219 Å². The van der Waals surface area contributed by atoms with Crippen LogP contribution in [0.25, 0.3) is 10.6 Å². The number of amides is 3. The van der Waals surface area contributed by atoms with Crippen molar-refractivity contribution in [1.29, 1.82) is 0 Å². The molecule has 0 unspecified atom stereocenters. The second kappa shape index (κ2) is 13.8. The number of benzene rings is 1. The molecule has 1 aliphatic carbocycles. The van der Waals surface area contributed by atoms with Crippen molar-refractivity contribution in [3.63, 3.8) is 0 Å². The third-order valence-electron chi connectivity index (χ3n) is 7.59. The highest BCUT2D eigenvalue weighted by Gasteiger charge is 2.31. The van der Waals surface area contributed by atoms with E-state index in [1.807, 2.05) is 4.90 Å². The molecule has 1 aliphatic heterocycles. The molecule has 1 aromatic carbocycles. The minimum Gasteiger partial charge on any atom is -0.494 e. The van der Waals surface area contributed by atoms with Gasteiger partial charge in [0, 0.05) is 42.8 Å². The monoisotopic (exact) mass is 641 g/mol. The molecule has 16 heteroatoms. The molecule has 3 aromatic rings. The number of rotatable bonds is 12. The van der Waals surface area contributed by atoms with Gasteiger partial charge in [0.15, 0.2) is 17.3 Å². The molecule has 0 radical (unpaired) electrons. The molecule has 5 rings (SSSR count). The number of hydrogen-bond acceptors (Lipinski definition) is 13. The van der Waals surface area contributed by atoms with Gasteiger partial charge >= 0.3 is 6.10 Å². The van der Waals surface area contributed by atoms with Gasteiger partial charge in [-0.3, -0.25) is 19.7 Å². The van der Waals surface area contributed by atoms with Gasteiger partial charge in [0.2, 0.25) is 11.8 Å². The van der Waals surface area contributed by atoms with Crippen LogP contribution in [0.1, 0.15) is 47.5 Å². The summed E-state index contributed by atoms with van der Waals surface area (Å²) in [7, 11) is 1.46. The lowest BCUT2D eigenvalue weighted by Crippen LogP contribution is -2.48. The number of thiazole rings is 1. The normalized spacial score (nSPS) is 15.4. The van der Waals surface area contributed by atoms with E-state index in [2.05, 4.69) is 25.8 Å². The highest BCUT2D eigenvalue weighted by Crippen LogP contribution is 2.40. The molecule has 2 aromatic heterocycles. The first-order valence-electron chi connectivity index (χ1n) is 14.5. The second-order valence-electron chi connectivity index (χ2n) is 11.0. The molecule has 0 spiro atoms. The molecule has 1 saturated heterocycles. The van der Waals surface area contributed by atoms with E-state index in [1.165, 1.54) is 24.5 Å². The maximum Gasteiger partial charge on any atom is 0.369 e. The number of nitrogens with zero attached hydrogens (tertiary/aromatic N) is 4. The van der Waals surface area contributed by atoms with Gasteiger partial charge in [-0.15, -0.1) is 21.5 Å². The van der Waals surface area contributed by atoms with Crippen LogP contribution >= 0.6 is 11.3 Å². The Bertz CT molecular complexity index is 1550. The first kappa shape index (κ1) is 32.2. The standard InChI is InChI=1S/C29H35N7O8S/c1-44-25-19(28-30-15-18(45-28)13-23(38)36-10-7-16(8-11-36)9-12-37)3-2-4-20(25)31-21-14-22(32-26(39)17-5-6-17)34-35-24(21)27(40)33-29(41,42)43/h2-4,14-17,37,41-43H,5-13H2,1H3,(H,33,40)(H2,31,32,34,39). The van der Waals surface area contributed by atoms with Crippen molar-refractivity contribution in [2.24, 2.45) is 11.8 Å². The Kier molecular flexibility index (Phi) is 9.89. The van der Waals surface area contributed by atoms with Gasteiger partial charge in [-0.05, 0) is 50.2 Å². The Morgan fingerprint density at radius 2 is 1.84 bits per heavy atom. The highest BCUT2D eigenvalue weighted by molar-refractivity contribution is 7.15. The van der Waals surface area contributed by atoms with E-state index in [9.17, 15) is 34.8 Å². The number of carbonyl (C=O) groups excluding carboxylic acids is 3. The summed E-state index contributed by atoms with van der Waals surface area (Å²) in [5.74, 6) is -0.663. The van der Waals surface area contributed by atoms with Crippen molar-refractivity contribution in [3.8, 4) is 16.3 Å². The fourth-order valence-corrected chi connectivity index (χ4v) is 6.02. The van der Waals surface area contributed by atoms with Crippen LogP contribution in [0.5, 0.6) is 5.75 Å². The van der Waals surface area contributed by atoms with Crippen molar-refractivity contribution in [2.45, 2.75) is 44.6 Å². The van der Waals surface area contributed by atoms with Crippen LogP contribution in [0.3, 0.4) is 0 Å². The minimum absolute atomic E-state index is 0.0153. The molecule has 0 bridgehead atoms. The van der Waals surface area contributed by atoms with E-state index >= 15 is 0 Å². The van der Waals surface area contributed by atoms with Crippen molar-refractivity contribution in [2.75, 3.05) is 37.4 Å². The number of piperidine rings is 1. The summed E-state index contributed by atoms with van der Waals surface area (Å²) in [6.45, 7) is 1.50. The first-order valence-corrected chi connectivity index (χ1v) is 15.3. The lowest BCUT2D eigenvalue weighted by molar-refractivity contribution is -0.323. The maximum absolute atomic E-state index is 13.0. The smallest absolute Gasteiger partial charge is 0.369 e. The lowest BCUT2D eigenvalue weighted by Gasteiger charge is -2.31. The predicted octanol–water partition coefficient (Wildman–Crippen LogP) is 1.18. The van der Waals surface area contributed by atoms with Gasteiger partial charge in [0.05, 0.1) is 30.5 Å². The van der Waals surface area contributed by atoms with Crippen LogP contribution in [0, 0.1) is 11.8 Å². The molecule has 7 N–H and O–H groups in total. The molecule has 3 amide bonds. The summed E-state index contributed by atoms with van der Waals surface area (Å²) in [6.07, 6.45) is 2.40. The number of aliphatic hydroxyl groups excluding tert-OH is 1. The van der Waals surface area contributed by atoms with Crippen molar-refractivity contribution >= 4 is 46.3 Å². The number of ether oxygens (including phenoxy) is 1. The van der Waals surface area contributed by atoms with Gasteiger partial charge in [-0.1, -0.05) is 6.07 Å². The number of methoxy groups -OCH3 is 1. The van der Waals surface area contributed by atoms with Gasteiger partial charge in [0.1, 0.15) is 5.01 Å². The fraction of sp³-hybridized carbons (Fsp3) is 0.448. The van der Waals surface area contributed by atoms with Crippen LogP contribution in [-0.2, 0) is 16.0 Å². The van der Waals surface area contributed by atoms with E-state index in [-0.39, 0.29) is 42.3 Å². The molecule has 3 heterocycles. The Morgan fingerprint density at radius 1 is 1.09 bits per heavy atom. The number of para-hydroxylation sites is 1. The lowest BCUT2D eigenvalue weighted by atomic mass is 9.94. The average molecular weight is 642 g/mol. The quantitative estimate of drug-likeness (QED) is 0.139. The fourth-order valence-electron chi connectivity index (χ4n) is 5.10. The Morgan fingerprint density at radius 3 is 2.51 bits per heavy atom. The molecule has 1 saturated carbocycles. The van der Waals surface area contributed by atoms with E-state index in [0.29, 0.717) is 41.0 Å². The highest BCUT2D eigenvalue weighted by atomic mass is 32.1. The van der Waals surface area contributed by atoms with E-state index in [1.54, 1.807) is 29.7 Å². The van der Waals surface area contributed by atoms with Gasteiger partial charge in [-0.2, -0.15) is 0 Å². The third kappa shape index (κ3) is 8.29. The number of nitrogens with one attached hydrogen (secondary N) is 3. The summed E-state index contributed by atoms with van der Waals surface area (Å²) >= 11 is 1.35. The van der Waals surface area contributed by atoms with Crippen LogP contribution < -0.4 is 20.7 Å². The molecule has 15 nitrogen and oxygen atoms in total. The van der Waals surface area contributed by atoms with Gasteiger partial charge in [0.25, 0.3) is 5.91 Å². The summed E-state index contributed by atoms with van der Waals surface area (Å²) in [5.41, 5.74) is 0.579. The third-order valence-corrected chi connectivity index (χ3v) is 8.62. The van der Waals surface area contributed by atoms with Crippen LogP contribution in [-0.4, -0.2) is 91.1 Å². The number of likely N-dealkylation sites (tertiary alicyclic amines) is 1. The summed E-state index contributed by atoms with van der Waals surface area (Å²) in [5, 5.41) is 52.6. The van der Waals surface area contributed by atoms with Crippen LogP contribution in [0.4, 0.5) is 17.2 Å². The van der Waals surface area contributed by atoms with Crippen molar-refractivity contribution in [1.82, 2.24) is 25.4 Å². The number of hydrogen-bond donors (Lipinski definition) is 7. The second-order valence-corrected chi connectivity index (χ2v) is 12.1. The Balaban J connectivity index is 1.36. The molecule has 0 atom stereocenters. The average Bonchev–Trinajstić information content (AvgIpc) is 3.75. The zero-order valence-electron chi connectivity index (χ0n) is 24.5. The molecule has 45 heavy (non-hydrogen) atoms. The van der Waals surface area contributed by atoms with Crippen molar-refractivity contribution in [3.05, 3.63) is 41.0 Å². The number of anilines is 3. The SMILES string of the molecule is COc1c(Nc2cc(NC(=O)C3CC3)nnc2C(=O)NC(O)(O)O)cccc1-c1ncc(CC(=O)N2CCC(CCO)CC2)s1. The summed E-state index contributed by atoms with van der Waals surface area (Å²) < 4.78 is 5.72. The van der Waals surface area contributed by atoms with Crippen molar-refractivity contribution < 1.29 is 39.5 Å². The largest absolute Gasteiger partial charge is 0.494 e. The van der Waals surface area contributed by atoms with E-state index < -0.39 is 17.7 Å². The Labute approximate surface area is 262 Å². The van der Waals surface area contributed by atoms with E-state index in [4.69, 9.17) is 4.74 Å². The number of carbonyl (C=O) groups is 3. The number of aromatic nitrogens is 3. The van der Waals surface area contributed by atoms with Crippen LogP contribution in [0.15, 0.2) is 30.5 Å². The molecular weight excluding hydrogens is 606 g/mol. The minimum atomic E-state index is -3.51. The molecular formula is C29H35N7O8S. The summed E-state index contributed by atoms with van der Waals surface area (Å²) in [4.78, 5) is 45.2. The molecule has 2 aliphatic rings. The first-order chi connectivity index (χ1) is 21.5. The summed E-state index contributed by atoms with van der Waals surface area (Å²) in [6, 6.07) is 6.53. The zero-order valence-corrected chi connectivity index (χ0v) is 25.3. The predicted molar refractivity (Wildman–Crippen MR) is 162 cm³/mol. The van der Waals surface area contributed by atoms with E-state index in [0.717, 1.165) is 37.0 Å². The molecule has 240 valence electrons. The Hall–Kier alpha value is -4.22. The maximum atomic E-state index is 13.0. The van der Waals surface area contributed by atoms with Crippen LogP contribution in [0.2, 0.25) is 0 Å². The molecule has 2 fully saturated rings. The van der Waals surface area contributed by atoms with Gasteiger partial charge < -0.3 is 40.7 Å².